The Morgan fingerprint density at radius 3 is 2.19 bits per heavy atom. The molecule has 0 spiro atoms. The first-order valence-corrected chi connectivity index (χ1v) is 12.7. The number of carbonyl (C=O) groups excluding carboxylic acids is 1. The number of anilines is 2. The van der Waals surface area contributed by atoms with E-state index in [0.29, 0.717) is 25.7 Å². The Hall–Kier alpha value is -3.47. The molecular weight excluding hydrogens is 474 g/mol. The van der Waals surface area contributed by atoms with E-state index in [2.05, 4.69) is 44.1 Å². The summed E-state index contributed by atoms with van der Waals surface area (Å²) in [6.07, 6.45) is 3.15. The van der Waals surface area contributed by atoms with Crippen molar-refractivity contribution >= 4 is 23.3 Å². The van der Waals surface area contributed by atoms with Crippen LogP contribution in [0.4, 0.5) is 22.0 Å². The second kappa shape index (κ2) is 12.2. The number of pyridine rings is 2. The minimum atomic E-state index is -0.520. The number of rotatable bonds is 3. The van der Waals surface area contributed by atoms with Gasteiger partial charge in [0, 0.05) is 63.1 Å². The van der Waals surface area contributed by atoms with Crippen LogP contribution in [0, 0.1) is 17.0 Å². The predicted molar refractivity (Wildman–Crippen MR) is 144 cm³/mol. The highest BCUT2D eigenvalue weighted by atomic mass is 16.6. The van der Waals surface area contributed by atoms with Gasteiger partial charge in [0.1, 0.15) is 5.60 Å². The molecule has 11 heteroatoms. The average Bonchev–Trinajstić information content (AvgIpc) is 2.84. The first-order chi connectivity index (χ1) is 17.4. The molecule has 0 radical (unpaired) electrons. The summed E-state index contributed by atoms with van der Waals surface area (Å²) in [6, 6.07) is 7.94. The molecule has 37 heavy (non-hydrogen) atoms. The molecular formula is C26H39N7O4. The molecule has 4 heterocycles. The molecule has 2 aliphatic rings. The summed E-state index contributed by atoms with van der Waals surface area (Å²) >= 11 is 0. The van der Waals surface area contributed by atoms with E-state index in [1.165, 1.54) is 18.0 Å². The lowest BCUT2D eigenvalue weighted by Gasteiger charge is -2.40. The van der Waals surface area contributed by atoms with E-state index in [1.807, 2.05) is 40.8 Å². The maximum atomic E-state index is 12.1. The van der Waals surface area contributed by atoms with Gasteiger partial charge in [0.2, 0.25) is 0 Å². The Balaban J connectivity index is 0.000000231. The molecule has 2 fully saturated rings. The third-order valence-corrected chi connectivity index (χ3v) is 6.26. The molecule has 0 aliphatic carbocycles. The van der Waals surface area contributed by atoms with Gasteiger partial charge < -0.3 is 34.9 Å². The predicted octanol–water partition coefficient (Wildman–Crippen LogP) is 3.62. The van der Waals surface area contributed by atoms with E-state index in [9.17, 15) is 14.9 Å². The zero-order chi connectivity index (χ0) is 27.2. The number of amides is 1. The minimum Gasteiger partial charge on any atom is -0.444 e. The number of nitrogens with zero attached hydrogens (tertiary/aromatic N) is 6. The first-order valence-electron chi connectivity index (χ1n) is 12.7. The summed E-state index contributed by atoms with van der Waals surface area (Å²) in [5.74, 6) is -0.172. The molecule has 4 rings (SSSR count). The maximum absolute atomic E-state index is 12.1. The number of piperazine rings is 2. The van der Waals surface area contributed by atoms with Crippen LogP contribution in [-0.2, 0) is 4.74 Å². The lowest BCUT2D eigenvalue weighted by Crippen LogP contribution is -2.54. The standard InChI is InChI=1S/C15H22N4O4.C11H17N3/c1-11-10-17(14(20)23-15(2,3)4)7-8-18(11)12-5-6-13(16-9-12)19(21)22;1-9-3-4-11(8-13-9)14-6-5-12-7-10(14)2/h5-6,9,11H,7-8,10H2,1-4H3;3-4,8,10,12H,5-7H2,1-2H3/t11-;10-/m00/s1. The summed E-state index contributed by atoms with van der Waals surface area (Å²) in [7, 11) is 0. The van der Waals surface area contributed by atoms with Crippen LogP contribution in [0.15, 0.2) is 36.7 Å². The monoisotopic (exact) mass is 513 g/mol. The van der Waals surface area contributed by atoms with Crippen molar-refractivity contribution in [3.05, 3.63) is 52.5 Å². The van der Waals surface area contributed by atoms with E-state index < -0.39 is 10.5 Å². The number of nitrogens with one attached hydrogen (secondary N) is 1. The number of carbonyl (C=O) groups is 1. The molecule has 1 N–H and O–H groups in total. The summed E-state index contributed by atoms with van der Waals surface area (Å²) < 4.78 is 5.39. The summed E-state index contributed by atoms with van der Waals surface area (Å²) in [5.41, 5.74) is 2.62. The third-order valence-electron chi connectivity index (χ3n) is 6.26. The quantitative estimate of drug-likeness (QED) is 0.485. The highest BCUT2D eigenvalue weighted by Crippen LogP contribution is 2.23. The van der Waals surface area contributed by atoms with Gasteiger partial charge in [-0.2, -0.15) is 0 Å². The van der Waals surface area contributed by atoms with Gasteiger partial charge in [0.25, 0.3) is 0 Å². The van der Waals surface area contributed by atoms with Gasteiger partial charge in [-0.1, -0.05) is 0 Å². The van der Waals surface area contributed by atoms with E-state index in [-0.39, 0.29) is 18.0 Å². The second-order valence-electron chi connectivity index (χ2n) is 10.5. The van der Waals surface area contributed by atoms with Gasteiger partial charge in [-0.15, -0.1) is 0 Å². The zero-order valence-corrected chi connectivity index (χ0v) is 22.7. The van der Waals surface area contributed by atoms with Crippen molar-refractivity contribution in [2.45, 2.75) is 59.2 Å². The van der Waals surface area contributed by atoms with Crippen LogP contribution < -0.4 is 15.1 Å². The van der Waals surface area contributed by atoms with E-state index in [0.717, 1.165) is 31.0 Å². The van der Waals surface area contributed by atoms with Crippen LogP contribution in [0.25, 0.3) is 0 Å². The zero-order valence-electron chi connectivity index (χ0n) is 22.7. The van der Waals surface area contributed by atoms with Crippen LogP contribution in [-0.4, -0.2) is 82.8 Å². The number of hydrogen-bond acceptors (Lipinski definition) is 9. The smallest absolute Gasteiger partial charge is 0.410 e. The fourth-order valence-electron chi connectivity index (χ4n) is 4.34. The molecule has 0 saturated carbocycles. The van der Waals surface area contributed by atoms with Gasteiger partial charge >= 0.3 is 11.9 Å². The molecule has 0 aromatic carbocycles. The largest absolute Gasteiger partial charge is 0.444 e. The minimum absolute atomic E-state index is 0.0690. The van der Waals surface area contributed by atoms with Crippen molar-refractivity contribution in [3.63, 3.8) is 0 Å². The molecule has 0 bridgehead atoms. The molecule has 2 atom stereocenters. The summed E-state index contributed by atoms with van der Waals surface area (Å²) in [5, 5.41) is 14.0. The molecule has 11 nitrogen and oxygen atoms in total. The average molecular weight is 514 g/mol. The van der Waals surface area contributed by atoms with Crippen molar-refractivity contribution in [3.8, 4) is 0 Å². The highest BCUT2D eigenvalue weighted by molar-refractivity contribution is 5.69. The van der Waals surface area contributed by atoms with Crippen molar-refractivity contribution in [2.75, 3.05) is 49.1 Å². The van der Waals surface area contributed by atoms with E-state index in [4.69, 9.17) is 4.74 Å². The number of aromatic nitrogens is 2. The molecule has 2 aromatic rings. The van der Waals surface area contributed by atoms with Gasteiger partial charge in [0.05, 0.1) is 17.6 Å². The Morgan fingerprint density at radius 2 is 1.68 bits per heavy atom. The molecule has 1 amide bonds. The Morgan fingerprint density at radius 1 is 1.03 bits per heavy atom. The fraction of sp³-hybridized carbons (Fsp3) is 0.577. The molecule has 2 saturated heterocycles. The van der Waals surface area contributed by atoms with Crippen molar-refractivity contribution < 1.29 is 14.5 Å². The lowest BCUT2D eigenvalue weighted by atomic mass is 10.1. The summed E-state index contributed by atoms with van der Waals surface area (Å²) in [4.78, 5) is 36.6. The van der Waals surface area contributed by atoms with Gasteiger partial charge in [0.15, 0.2) is 6.20 Å². The molecule has 2 aromatic heterocycles. The van der Waals surface area contributed by atoms with Gasteiger partial charge in [-0.25, -0.2) is 4.79 Å². The molecule has 202 valence electrons. The molecule has 0 unspecified atom stereocenters. The van der Waals surface area contributed by atoms with Gasteiger partial charge in [-0.3, -0.25) is 4.98 Å². The third kappa shape index (κ3) is 8.01. The first kappa shape index (κ1) is 28.1. The topological polar surface area (TPSA) is 117 Å². The number of aryl methyl sites for hydroxylation is 1. The number of hydrogen-bond donors (Lipinski definition) is 1. The van der Waals surface area contributed by atoms with E-state index in [1.54, 1.807) is 11.0 Å². The second-order valence-corrected chi connectivity index (χ2v) is 10.5. The Labute approximate surface area is 219 Å². The molecule has 2 aliphatic heterocycles. The van der Waals surface area contributed by atoms with Crippen LogP contribution in [0.5, 0.6) is 0 Å². The van der Waals surface area contributed by atoms with Crippen LogP contribution in [0.3, 0.4) is 0 Å². The van der Waals surface area contributed by atoms with Crippen molar-refractivity contribution in [1.29, 1.82) is 0 Å². The fourth-order valence-corrected chi connectivity index (χ4v) is 4.34. The van der Waals surface area contributed by atoms with E-state index >= 15 is 0 Å². The lowest BCUT2D eigenvalue weighted by molar-refractivity contribution is -0.389. The van der Waals surface area contributed by atoms with Crippen LogP contribution in [0.1, 0.15) is 40.3 Å². The Bertz CT molecular complexity index is 1040. The van der Waals surface area contributed by atoms with Crippen molar-refractivity contribution in [2.24, 2.45) is 0 Å². The Kier molecular flexibility index (Phi) is 9.25. The maximum Gasteiger partial charge on any atom is 0.410 e. The number of ether oxygens (including phenoxy) is 1. The normalized spacial score (nSPS) is 20.1. The van der Waals surface area contributed by atoms with Crippen LogP contribution >= 0.6 is 0 Å². The highest BCUT2D eigenvalue weighted by Gasteiger charge is 2.30. The summed E-state index contributed by atoms with van der Waals surface area (Å²) in [6.45, 7) is 16.7. The van der Waals surface area contributed by atoms with Crippen LogP contribution in [0.2, 0.25) is 0 Å². The number of nitro groups is 1. The van der Waals surface area contributed by atoms with Crippen molar-refractivity contribution in [1.82, 2.24) is 20.2 Å². The SMILES string of the molecule is C[C@H]1CN(C(=O)OC(C)(C)C)CCN1c1ccc([N+](=O)[O-])nc1.Cc1ccc(N2CCNC[C@@H]2C)cn1. The van der Waals surface area contributed by atoms with Gasteiger partial charge in [-0.05, 0) is 69.6 Å².